The van der Waals surface area contributed by atoms with Crippen molar-refractivity contribution in [3.05, 3.63) is 30.1 Å². The number of fused-ring (bicyclic) bond motifs is 1. The van der Waals surface area contributed by atoms with Crippen LogP contribution in [0.5, 0.6) is 5.75 Å². The smallest absolute Gasteiger partial charge is 0.327 e. The third-order valence-corrected chi connectivity index (χ3v) is 5.13. The molecule has 2 aliphatic rings. The van der Waals surface area contributed by atoms with E-state index in [2.05, 4.69) is 0 Å². The number of carbonyl (C=O) groups excluding carboxylic acids is 3. The Morgan fingerprint density at radius 2 is 1.56 bits per heavy atom. The minimum atomic E-state index is -3.40. The predicted molar refractivity (Wildman–Crippen MR) is 111 cm³/mol. The van der Waals surface area contributed by atoms with Gasteiger partial charge in [0.2, 0.25) is 5.79 Å². The minimum absolute atomic E-state index is 0.0630. The van der Waals surface area contributed by atoms with Crippen molar-refractivity contribution in [2.24, 2.45) is 0 Å². The van der Waals surface area contributed by atoms with Gasteiger partial charge in [0.25, 0.3) is 5.97 Å². The van der Waals surface area contributed by atoms with E-state index in [0.29, 0.717) is 0 Å². The zero-order valence-electron chi connectivity index (χ0n) is 19.8. The third kappa shape index (κ3) is 6.66. The number of halogens is 1. The zero-order valence-corrected chi connectivity index (χ0v) is 19.8. The predicted octanol–water partition coefficient (Wildman–Crippen LogP) is -0.164. The molecule has 1 unspecified atom stereocenters. The van der Waals surface area contributed by atoms with Gasteiger partial charge in [0.05, 0.1) is 6.42 Å². The van der Waals surface area contributed by atoms with Gasteiger partial charge in [0.1, 0.15) is 24.3 Å². The summed E-state index contributed by atoms with van der Waals surface area (Å²) in [5.41, 5.74) is 0. The normalized spacial score (nSPS) is 31.8. The molecule has 14 heteroatoms. The molecule has 13 nitrogen and oxygen atoms in total. The Labute approximate surface area is 204 Å². The van der Waals surface area contributed by atoms with Crippen molar-refractivity contribution in [1.82, 2.24) is 0 Å². The van der Waals surface area contributed by atoms with Gasteiger partial charge in [-0.25, -0.2) is 4.39 Å². The highest BCUT2D eigenvalue weighted by Gasteiger charge is 2.69. The first-order valence-corrected chi connectivity index (χ1v) is 10.8. The molecule has 0 radical (unpaired) electrons. The lowest BCUT2D eigenvalue weighted by molar-refractivity contribution is -0.402. The maximum atomic E-state index is 13.3. The average Bonchev–Trinajstić information content (AvgIpc) is 2.99. The van der Waals surface area contributed by atoms with Gasteiger partial charge in [0.15, 0.2) is 18.3 Å². The molecule has 0 spiro atoms. The fourth-order valence-electron chi connectivity index (χ4n) is 4.09. The van der Waals surface area contributed by atoms with Crippen LogP contribution in [0.15, 0.2) is 24.3 Å². The Bertz CT molecular complexity index is 977. The molecule has 6 atom stereocenters. The van der Waals surface area contributed by atoms with Crippen LogP contribution in [-0.4, -0.2) is 82.0 Å². The number of ether oxygens (including phenoxy) is 7. The number of benzene rings is 1. The number of hydrogen-bond donors (Lipinski definition) is 3. The Morgan fingerprint density at radius 1 is 0.972 bits per heavy atom. The first-order chi connectivity index (χ1) is 16.6. The summed E-state index contributed by atoms with van der Waals surface area (Å²) in [6, 6.07) is 4.71. The van der Waals surface area contributed by atoms with Crippen LogP contribution in [0.2, 0.25) is 0 Å². The number of esters is 3. The summed E-state index contributed by atoms with van der Waals surface area (Å²) < 4.78 is 52.2. The van der Waals surface area contributed by atoms with Crippen LogP contribution in [0.3, 0.4) is 0 Å². The van der Waals surface area contributed by atoms with Gasteiger partial charge < -0.3 is 43.7 Å². The van der Waals surface area contributed by atoms with E-state index in [9.17, 15) is 34.1 Å². The maximum Gasteiger partial charge on any atom is 0.327 e. The number of hydrogen-bond acceptors (Lipinski definition) is 13. The summed E-state index contributed by atoms with van der Waals surface area (Å²) in [6.07, 6.45) is -7.03. The zero-order chi connectivity index (χ0) is 26.9. The standard InChI is InChI=1S/C22H27FO13/c1-11(24)30-9-16-17(31-12(2)25)18(32-13(3)26)19-21(34-16,10-22(27,28)29)36-20(4,35-19)33-15-7-5-14(23)6-8-15/h5-8,16-19,27-29H,9-10H2,1-4H3/t16-,17-,18+,19-,20?,21-/m1/s1. The first-order valence-electron chi connectivity index (χ1n) is 10.8. The average molecular weight is 518 g/mol. The summed E-state index contributed by atoms with van der Waals surface area (Å²) in [4.78, 5) is 35.3. The Morgan fingerprint density at radius 3 is 2.08 bits per heavy atom. The third-order valence-electron chi connectivity index (χ3n) is 5.13. The van der Waals surface area contributed by atoms with Crippen LogP contribution in [-0.2, 0) is 42.8 Å². The monoisotopic (exact) mass is 518 g/mol. The van der Waals surface area contributed by atoms with E-state index in [1.807, 2.05) is 0 Å². The molecule has 200 valence electrons. The van der Waals surface area contributed by atoms with E-state index in [1.54, 1.807) is 0 Å². The largest absolute Gasteiger partial charge is 0.463 e. The topological polar surface area (TPSA) is 177 Å². The summed E-state index contributed by atoms with van der Waals surface area (Å²) in [6.45, 7) is 3.94. The van der Waals surface area contributed by atoms with Gasteiger partial charge in [-0.05, 0) is 24.3 Å². The summed E-state index contributed by atoms with van der Waals surface area (Å²) >= 11 is 0. The lowest BCUT2D eigenvalue weighted by atomic mass is 9.89. The molecule has 2 aliphatic heterocycles. The van der Waals surface area contributed by atoms with E-state index < -0.39 is 78.9 Å². The van der Waals surface area contributed by atoms with Gasteiger partial charge in [0, 0.05) is 27.7 Å². The van der Waals surface area contributed by atoms with E-state index >= 15 is 0 Å². The minimum Gasteiger partial charge on any atom is -0.463 e. The maximum absolute atomic E-state index is 13.3. The molecule has 2 heterocycles. The summed E-state index contributed by atoms with van der Waals surface area (Å²) in [7, 11) is 0. The molecular weight excluding hydrogens is 491 g/mol. The van der Waals surface area contributed by atoms with Crippen molar-refractivity contribution in [2.75, 3.05) is 6.61 Å². The fourth-order valence-corrected chi connectivity index (χ4v) is 4.09. The highest BCUT2D eigenvalue weighted by Crippen LogP contribution is 2.49. The molecule has 3 N–H and O–H groups in total. The number of rotatable bonds is 8. The van der Waals surface area contributed by atoms with Crippen molar-refractivity contribution < 1.29 is 67.3 Å². The second-order valence-electron chi connectivity index (χ2n) is 8.43. The summed E-state index contributed by atoms with van der Waals surface area (Å²) in [5.74, 6) is -10.7. The lowest BCUT2D eigenvalue weighted by Crippen LogP contribution is -2.67. The first kappa shape index (κ1) is 27.7. The van der Waals surface area contributed by atoms with Gasteiger partial charge >= 0.3 is 23.9 Å². The van der Waals surface area contributed by atoms with Crippen molar-refractivity contribution in [1.29, 1.82) is 0 Å². The number of carbonyl (C=O) groups is 3. The molecule has 2 saturated heterocycles. The quantitative estimate of drug-likeness (QED) is 0.235. The molecule has 0 bridgehead atoms. The van der Waals surface area contributed by atoms with Gasteiger partial charge in [-0.3, -0.25) is 19.1 Å². The SMILES string of the molecule is CC(=O)OC[C@H]1O[C@]2(CC(O)(O)O)OC(C)(Oc3ccc(F)cc3)O[C@@H]2[C@@H](OC(C)=O)[C@@H]1OC(C)=O. The molecule has 0 amide bonds. The van der Waals surface area contributed by atoms with Crippen LogP contribution < -0.4 is 4.74 Å². The molecule has 36 heavy (non-hydrogen) atoms. The molecule has 0 saturated carbocycles. The van der Waals surface area contributed by atoms with E-state index in [4.69, 9.17) is 33.2 Å². The van der Waals surface area contributed by atoms with Crippen molar-refractivity contribution >= 4 is 17.9 Å². The van der Waals surface area contributed by atoms with Crippen LogP contribution in [0, 0.1) is 5.82 Å². The molecular formula is C22H27FO13. The molecule has 0 aliphatic carbocycles. The van der Waals surface area contributed by atoms with Crippen molar-refractivity contribution in [3.8, 4) is 5.75 Å². The van der Waals surface area contributed by atoms with Gasteiger partial charge in [-0.15, -0.1) is 0 Å². The fraction of sp³-hybridized carbons (Fsp3) is 0.591. The molecule has 0 aromatic heterocycles. The summed E-state index contributed by atoms with van der Waals surface area (Å²) in [5, 5.41) is 29.5. The van der Waals surface area contributed by atoms with Crippen molar-refractivity contribution in [3.63, 3.8) is 0 Å². The van der Waals surface area contributed by atoms with Crippen LogP contribution in [0.1, 0.15) is 34.1 Å². The van der Waals surface area contributed by atoms with Gasteiger partial charge in [-0.2, -0.15) is 0 Å². The second kappa shape index (κ2) is 10.2. The molecule has 2 fully saturated rings. The Kier molecular flexibility index (Phi) is 7.88. The number of aliphatic hydroxyl groups is 3. The highest BCUT2D eigenvalue weighted by molar-refractivity contribution is 5.68. The van der Waals surface area contributed by atoms with E-state index in [0.717, 1.165) is 32.9 Å². The van der Waals surface area contributed by atoms with E-state index in [-0.39, 0.29) is 5.75 Å². The second-order valence-corrected chi connectivity index (χ2v) is 8.43. The molecule has 3 rings (SSSR count). The van der Waals surface area contributed by atoms with Gasteiger partial charge in [-0.1, -0.05) is 0 Å². The van der Waals surface area contributed by atoms with Crippen LogP contribution in [0.4, 0.5) is 4.39 Å². The van der Waals surface area contributed by atoms with Crippen LogP contribution in [0.25, 0.3) is 0 Å². The Hall–Kier alpha value is -2.88. The molecule has 1 aromatic rings. The highest BCUT2D eigenvalue weighted by atomic mass is 19.1. The molecule has 1 aromatic carbocycles. The van der Waals surface area contributed by atoms with Crippen molar-refractivity contribution in [2.45, 2.75) is 76.3 Å². The Balaban J connectivity index is 2.07. The van der Waals surface area contributed by atoms with E-state index in [1.165, 1.54) is 19.1 Å². The lowest BCUT2D eigenvalue weighted by Gasteiger charge is -2.47. The van der Waals surface area contributed by atoms with Crippen LogP contribution >= 0.6 is 0 Å².